The highest BCUT2D eigenvalue weighted by Gasteiger charge is 2.12. The van der Waals surface area contributed by atoms with E-state index < -0.39 is 0 Å². The Hall–Kier alpha value is -3.34. The summed E-state index contributed by atoms with van der Waals surface area (Å²) >= 11 is 0. The van der Waals surface area contributed by atoms with E-state index in [1.54, 1.807) is 18.2 Å². The van der Waals surface area contributed by atoms with Crippen LogP contribution in [0.15, 0.2) is 63.6 Å². The van der Waals surface area contributed by atoms with Crippen LogP contribution in [0, 0.1) is 13.8 Å². The molecular formula is C20H16N2O3. The second-order valence-electron chi connectivity index (χ2n) is 5.94. The summed E-state index contributed by atoms with van der Waals surface area (Å²) in [4.78, 5) is 16.7. The Morgan fingerprint density at radius 1 is 1.04 bits per heavy atom. The van der Waals surface area contributed by atoms with Gasteiger partial charge >= 0.3 is 0 Å². The van der Waals surface area contributed by atoms with Gasteiger partial charge in [0.05, 0.1) is 6.26 Å². The van der Waals surface area contributed by atoms with Crippen LogP contribution in [0.25, 0.3) is 22.6 Å². The molecule has 0 aliphatic carbocycles. The summed E-state index contributed by atoms with van der Waals surface area (Å²) in [5.41, 5.74) is 5.35. The number of rotatable bonds is 3. The Labute approximate surface area is 144 Å². The smallest absolute Gasteiger partial charge is 0.291 e. The Balaban J connectivity index is 1.66. The van der Waals surface area contributed by atoms with E-state index in [2.05, 4.69) is 10.3 Å². The summed E-state index contributed by atoms with van der Waals surface area (Å²) in [5.74, 6) is 0.485. The van der Waals surface area contributed by atoms with E-state index in [-0.39, 0.29) is 11.7 Å². The van der Waals surface area contributed by atoms with Crippen LogP contribution in [0.2, 0.25) is 0 Å². The topological polar surface area (TPSA) is 68.3 Å². The number of nitrogens with one attached hydrogen (secondary N) is 1. The van der Waals surface area contributed by atoms with Gasteiger partial charge in [0.2, 0.25) is 5.89 Å². The van der Waals surface area contributed by atoms with E-state index in [9.17, 15) is 4.79 Å². The quantitative estimate of drug-likeness (QED) is 0.576. The largest absolute Gasteiger partial charge is 0.459 e. The highest BCUT2D eigenvalue weighted by atomic mass is 16.3. The molecule has 25 heavy (non-hydrogen) atoms. The molecule has 2 aromatic heterocycles. The highest BCUT2D eigenvalue weighted by molar-refractivity contribution is 6.02. The van der Waals surface area contributed by atoms with Crippen molar-refractivity contribution in [3.05, 3.63) is 71.7 Å². The standard InChI is InChI=1S/C20H16N2O3/c1-12-9-16-18(10-13(12)2)25-20(22-16)14-5-3-6-15(11-14)21-19(23)17-7-4-8-24-17/h3-11H,1-2H3,(H,21,23). The molecule has 0 spiro atoms. The van der Waals surface area contributed by atoms with Gasteiger partial charge in [-0.05, 0) is 67.4 Å². The van der Waals surface area contributed by atoms with Crippen LogP contribution in [0.5, 0.6) is 0 Å². The fourth-order valence-electron chi connectivity index (χ4n) is 2.63. The number of carbonyl (C=O) groups excluding carboxylic acids is 1. The molecular weight excluding hydrogens is 316 g/mol. The molecule has 0 saturated carbocycles. The molecule has 0 bridgehead atoms. The molecule has 0 unspecified atom stereocenters. The first-order chi connectivity index (χ1) is 12.1. The number of aryl methyl sites for hydroxylation is 2. The van der Waals surface area contributed by atoms with Crippen molar-refractivity contribution < 1.29 is 13.6 Å². The van der Waals surface area contributed by atoms with Crippen molar-refractivity contribution in [3.8, 4) is 11.5 Å². The van der Waals surface area contributed by atoms with Gasteiger partial charge in [-0.1, -0.05) is 6.07 Å². The van der Waals surface area contributed by atoms with Crippen molar-refractivity contribution in [2.75, 3.05) is 5.32 Å². The summed E-state index contributed by atoms with van der Waals surface area (Å²) in [6.07, 6.45) is 1.47. The molecule has 0 fully saturated rings. The monoisotopic (exact) mass is 332 g/mol. The van der Waals surface area contributed by atoms with Crippen LogP contribution in [0.3, 0.4) is 0 Å². The van der Waals surface area contributed by atoms with E-state index in [0.717, 1.165) is 22.2 Å². The number of aromatic nitrogens is 1. The van der Waals surface area contributed by atoms with E-state index in [0.29, 0.717) is 11.6 Å². The van der Waals surface area contributed by atoms with Gasteiger partial charge in [-0.25, -0.2) is 4.98 Å². The normalized spacial score (nSPS) is 11.0. The Bertz CT molecular complexity index is 1020. The third kappa shape index (κ3) is 2.92. The van der Waals surface area contributed by atoms with Gasteiger partial charge in [0.1, 0.15) is 5.52 Å². The number of hydrogen-bond acceptors (Lipinski definition) is 4. The maximum absolute atomic E-state index is 12.1. The molecule has 2 heterocycles. The van der Waals surface area contributed by atoms with E-state index in [4.69, 9.17) is 8.83 Å². The number of benzene rings is 2. The maximum Gasteiger partial charge on any atom is 0.291 e. The number of nitrogens with zero attached hydrogens (tertiary/aromatic N) is 1. The van der Waals surface area contributed by atoms with Gasteiger partial charge < -0.3 is 14.2 Å². The molecule has 124 valence electrons. The van der Waals surface area contributed by atoms with Gasteiger partial charge in [-0.3, -0.25) is 4.79 Å². The van der Waals surface area contributed by atoms with Crippen LogP contribution >= 0.6 is 0 Å². The SMILES string of the molecule is Cc1cc2nc(-c3cccc(NC(=O)c4ccco4)c3)oc2cc1C. The molecule has 1 N–H and O–H groups in total. The predicted molar refractivity (Wildman–Crippen MR) is 95.6 cm³/mol. The van der Waals surface area contributed by atoms with Crippen LogP contribution in [0.1, 0.15) is 21.7 Å². The lowest BCUT2D eigenvalue weighted by Gasteiger charge is -2.04. The molecule has 4 rings (SSSR count). The Morgan fingerprint density at radius 2 is 1.88 bits per heavy atom. The fraction of sp³-hybridized carbons (Fsp3) is 0.100. The van der Waals surface area contributed by atoms with Crippen molar-refractivity contribution in [1.82, 2.24) is 4.98 Å². The minimum atomic E-state index is -0.300. The highest BCUT2D eigenvalue weighted by Crippen LogP contribution is 2.28. The molecule has 0 aliphatic rings. The zero-order chi connectivity index (χ0) is 17.4. The number of carbonyl (C=O) groups is 1. The molecule has 0 saturated heterocycles. The van der Waals surface area contributed by atoms with Crippen molar-refractivity contribution in [2.24, 2.45) is 0 Å². The van der Waals surface area contributed by atoms with Gasteiger partial charge in [0, 0.05) is 11.3 Å². The zero-order valence-electron chi connectivity index (χ0n) is 13.9. The van der Waals surface area contributed by atoms with E-state index in [1.807, 2.05) is 44.2 Å². The molecule has 0 aliphatic heterocycles. The van der Waals surface area contributed by atoms with Crippen LogP contribution in [-0.4, -0.2) is 10.9 Å². The summed E-state index contributed by atoms with van der Waals surface area (Å²) < 4.78 is 11.0. The molecule has 4 aromatic rings. The molecule has 1 amide bonds. The van der Waals surface area contributed by atoms with E-state index >= 15 is 0 Å². The Morgan fingerprint density at radius 3 is 2.68 bits per heavy atom. The lowest BCUT2D eigenvalue weighted by Crippen LogP contribution is -2.10. The molecule has 0 radical (unpaired) electrons. The number of fused-ring (bicyclic) bond motifs is 1. The second-order valence-corrected chi connectivity index (χ2v) is 5.94. The second kappa shape index (κ2) is 5.94. The van der Waals surface area contributed by atoms with Crippen molar-refractivity contribution in [3.63, 3.8) is 0 Å². The van der Waals surface area contributed by atoms with Crippen molar-refractivity contribution >= 4 is 22.7 Å². The predicted octanol–water partition coefficient (Wildman–Crippen LogP) is 4.96. The number of furan rings is 1. The summed E-state index contributed by atoms with van der Waals surface area (Å²) in [5, 5.41) is 2.80. The average molecular weight is 332 g/mol. The van der Waals surface area contributed by atoms with Gasteiger partial charge in [0.25, 0.3) is 5.91 Å². The molecule has 5 nitrogen and oxygen atoms in total. The van der Waals surface area contributed by atoms with Crippen LogP contribution < -0.4 is 5.32 Å². The average Bonchev–Trinajstić information content (AvgIpc) is 3.25. The number of hydrogen-bond donors (Lipinski definition) is 1. The number of amides is 1. The van der Waals surface area contributed by atoms with Crippen molar-refractivity contribution in [1.29, 1.82) is 0 Å². The lowest BCUT2D eigenvalue weighted by atomic mass is 10.1. The van der Waals surface area contributed by atoms with Gasteiger partial charge in [-0.2, -0.15) is 0 Å². The summed E-state index contributed by atoms with van der Waals surface area (Å²) in [6.45, 7) is 4.09. The molecule has 2 aromatic carbocycles. The third-order valence-electron chi connectivity index (χ3n) is 4.12. The van der Waals surface area contributed by atoms with Crippen LogP contribution in [0.4, 0.5) is 5.69 Å². The lowest BCUT2D eigenvalue weighted by molar-refractivity contribution is 0.0996. The zero-order valence-corrected chi connectivity index (χ0v) is 13.9. The van der Waals surface area contributed by atoms with Gasteiger partial charge in [-0.15, -0.1) is 0 Å². The Kier molecular flexibility index (Phi) is 3.61. The first-order valence-corrected chi connectivity index (χ1v) is 7.93. The van der Waals surface area contributed by atoms with Crippen molar-refractivity contribution in [2.45, 2.75) is 13.8 Å². The van der Waals surface area contributed by atoms with Crippen LogP contribution in [-0.2, 0) is 0 Å². The van der Waals surface area contributed by atoms with E-state index in [1.165, 1.54) is 11.8 Å². The third-order valence-corrected chi connectivity index (χ3v) is 4.12. The summed E-state index contributed by atoms with van der Waals surface area (Å²) in [6, 6.07) is 14.7. The minimum Gasteiger partial charge on any atom is -0.459 e. The number of anilines is 1. The fourth-order valence-corrected chi connectivity index (χ4v) is 2.63. The first kappa shape index (κ1) is 15.2. The maximum atomic E-state index is 12.1. The first-order valence-electron chi connectivity index (χ1n) is 7.93. The molecule has 0 atom stereocenters. The molecule has 5 heteroatoms. The minimum absolute atomic E-state index is 0.262. The summed E-state index contributed by atoms with van der Waals surface area (Å²) in [7, 11) is 0. The van der Waals surface area contributed by atoms with Gasteiger partial charge in [0.15, 0.2) is 11.3 Å². The number of oxazole rings is 1.